The van der Waals surface area contributed by atoms with E-state index < -0.39 is 21.4 Å². The highest BCUT2D eigenvalue weighted by Gasteiger charge is 2.40. The molecular weight excluding hydrogens is 216 g/mol. The minimum Gasteiger partial charge on any atom is -0.159 e. The van der Waals surface area contributed by atoms with Gasteiger partial charge in [0.15, 0.2) is 0 Å². The molecule has 0 fully saturated rings. The number of nitrogens with one attached hydrogen (secondary N) is 2. The fourth-order valence-electron chi connectivity index (χ4n) is 0.150. The quantitative estimate of drug-likeness (QED) is 0.289. The summed E-state index contributed by atoms with van der Waals surface area (Å²) in [7, 11) is -8.72. The van der Waals surface area contributed by atoms with Crippen LogP contribution in [0.4, 0.5) is 0 Å². The topological polar surface area (TPSA) is 168 Å². The van der Waals surface area contributed by atoms with E-state index in [0.29, 0.717) is 0 Å². The van der Waals surface area contributed by atoms with Crippen molar-refractivity contribution in [1.82, 2.24) is 9.66 Å². The van der Waals surface area contributed by atoms with Crippen LogP contribution >= 0.6 is 0 Å². The zero-order chi connectivity index (χ0) is 9.83. The van der Waals surface area contributed by atoms with Crippen LogP contribution in [0.15, 0.2) is 0 Å². The van der Waals surface area contributed by atoms with Crippen molar-refractivity contribution in [2.45, 2.75) is 0 Å². The molecule has 2 radical (unpaired) electrons. The van der Waals surface area contributed by atoms with E-state index in [1.807, 2.05) is 0 Å². The summed E-state index contributed by atoms with van der Waals surface area (Å²) in [5, 5.41) is 0. The minimum absolute atomic E-state index is 1.18. The Labute approximate surface area is 69.6 Å². The van der Waals surface area contributed by atoms with Crippen LogP contribution in [0.3, 0.4) is 0 Å². The Morgan fingerprint density at radius 2 is 1.17 bits per heavy atom. The summed E-state index contributed by atoms with van der Waals surface area (Å²) in [4.78, 5) is 2.36. The predicted molar refractivity (Wildman–Crippen MR) is 34.3 cm³/mol. The Morgan fingerprint density at radius 1 is 0.917 bits per heavy atom. The lowest BCUT2D eigenvalue weighted by atomic mass is 13.0. The predicted octanol–water partition coefficient (Wildman–Crippen LogP) is -2.79. The SMILES string of the molecule is NO[S+]([O])(=O)NN[S+]([O])(=O)ON. The zero-order valence-corrected chi connectivity index (χ0v) is 7.05. The summed E-state index contributed by atoms with van der Waals surface area (Å²) in [5.41, 5.74) is 0. The lowest BCUT2D eigenvalue weighted by molar-refractivity contribution is 0.232. The fraction of sp³-hybridized carbons (Fsp3) is 0. The minimum atomic E-state index is -4.36. The Balaban J connectivity index is 4.00. The van der Waals surface area contributed by atoms with Gasteiger partial charge in [0.2, 0.25) is 0 Å². The first-order chi connectivity index (χ1) is 5.33. The van der Waals surface area contributed by atoms with Crippen LogP contribution in [0.5, 0.6) is 0 Å². The van der Waals surface area contributed by atoms with Crippen LogP contribution in [0.25, 0.3) is 0 Å². The second-order valence-corrected chi connectivity index (χ2v) is 3.91. The second kappa shape index (κ2) is 4.28. The maximum absolute atomic E-state index is 10.3. The third-order valence-electron chi connectivity index (χ3n) is 0.545. The van der Waals surface area contributed by atoms with Crippen molar-refractivity contribution in [3.8, 4) is 0 Å². The Kier molecular flexibility index (Phi) is 4.28. The normalized spacial score (nSPS) is 21.3. The summed E-state index contributed by atoms with van der Waals surface area (Å²) < 4.78 is 47.8. The third kappa shape index (κ3) is 4.78. The lowest BCUT2D eigenvalue weighted by Gasteiger charge is -1.96. The summed E-state index contributed by atoms with van der Waals surface area (Å²) in [6.45, 7) is 0. The van der Waals surface area contributed by atoms with E-state index in [-0.39, 0.29) is 0 Å². The first-order valence-electron chi connectivity index (χ1n) is 2.13. The largest absolute Gasteiger partial charge is 0.511 e. The molecule has 0 saturated carbocycles. The highest BCUT2D eigenvalue weighted by Crippen LogP contribution is 1.94. The molecule has 0 heterocycles. The molecule has 0 amide bonds. The van der Waals surface area contributed by atoms with E-state index in [2.05, 4.69) is 20.4 Å². The van der Waals surface area contributed by atoms with Gasteiger partial charge in [0.05, 0.1) is 0 Å². The van der Waals surface area contributed by atoms with Crippen molar-refractivity contribution in [3.63, 3.8) is 0 Å². The number of hydrogen-bond acceptors (Lipinski definition) is 6. The van der Waals surface area contributed by atoms with Gasteiger partial charge >= 0.3 is 21.4 Å². The molecule has 0 aromatic heterocycles. The average molecular weight is 222 g/mol. The van der Waals surface area contributed by atoms with Gasteiger partial charge in [-0.05, 0) is 8.57 Å². The maximum Gasteiger partial charge on any atom is 0.511 e. The van der Waals surface area contributed by atoms with E-state index in [1.54, 1.807) is 0 Å². The zero-order valence-electron chi connectivity index (χ0n) is 5.42. The maximum atomic E-state index is 10.3. The molecule has 0 rings (SSSR count). The van der Waals surface area contributed by atoms with Crippen molar-refractivity contribution in [2.24, 2.45) is 11.8 Å². The number of hydrazine groups is 1. The molecule has 12 heteroatoms. The van der Waals surface area contributed by atoms with E-state index in [0.717, 1.165) is 0 Å². The van der Waals surface area contributed by atoms with E-state index >= 15 is 0 Å². The molecule has 0 aromatic rings. The summed E-state index contributed by atoms with van der Waals surface area (Å²) in [6, 6.07) is 0. The van der Waals surface area contributed by atoms with Crippen LogP contribution in [0, 0.1) is 0 Å². The van der Waals surface area contributed by atoms with Crippen molar-refractivity contribution in [2.75, 3.05) is 0 Å². The van der Waals surface area contributed by atoms with Gasteiger partial charge in [-0.25, -0.2) is 0 Å². The van der Waals surface area contributed by atoms with Crippen molar-refractivity contribution in [3.05, 3.63) is 0 Å². The van der Waals surface area contributed by atoms with Gasteiger partial charge in [-0.15, -0.1) is 0 Å². The molecule has 10 nitrogen and oxygen atoms in total. The Bertz CT molecular complexity index is 202. The van der Waals surface area contributed by atoms with E-state index in [4.69, 9.17) is 0 Å². The van der Waals surface area contributed by atoms with Crippen molar-refractivity contribution >= 4 is 21.4 Å². The molecule has 0 aliphatic rings. The Hall–Kier alpha value is -0.0200. The van der Waals surface area contributed by atoms with Gasteiger partial charge in [-0.3, -0.25) is 0 Å². The molecular formula is H6N4O6S2+2. The molecule has 0 saturated heterocycles. The third-order valence-corrected chi connectivity index (χ3v) is 1.89. The second-order valence-electron chi connectivity index (χ2n) is 1.30. The number of hydrogen-bond donors (Lipinski definition) is 4. The van der Waals surface area contributed by atoms with Gasteiger partial charge < -0.3 is 0 Å². The average Bonchev–Trinajstić information content (AvgIpc) is 2.02. The van der Waals surface area contributed by atoms with Crippen LogP contribution < -0.4 is 21.5 Å². The lowest BCUT2D eigenvalue weighted by Crippen LogP contribution is -2.49. The standard InChI is InChI=1S/H6N4O6S2/c1-9-11(5,6)3-4-12(7,8)10-2/h1-2H2,(H,3,5)(H,4,7)/q+2. The van der Waals surface area contributed by atoms with Gasteiger partial charge in [0, 0.05) is 18.1 Å². The number of nitrogens with two attached hydrogens (primary N) is 2. The van der Waals surface area contributed by atoms with Crippen LogP contribution in [0.2, 0.25) is 0 Å². The molecule has 72 valence electrons. The summed E-state index contributed by atoms with van der Waals surface area (Å²) in [5.74, 6) is 8.44. The molecule has 0 aliphatic carbocycles. The Morgan fingerprint density at radius 3 is 1.33 bits per heavy atom. The van der Waals surface area contributed by atoms with Crippen molar-refractivity contribution < 1.29 is 26.1 Å². The first kappa shape index (κ1) is 12.0. The van der Waals surface area contributed by atoms with Crippen molar-refractivity contribution in [1.29, 1.82) is 0 Å². The van der Waals surface area contributed by atoms with Crippen LogP contribution in [-0.2, 0) is 47.5 Å². The molecule has 2 unspecified atom stereocenters. The smallest absolute Gasteiger partial charge is 0.159 e. The van der Waals surface area contributed by atoms with Gasteiger partial charge in [0.1, 0.15) is 9.11 Å². The molecule has 0 bridgehead atoms. The first-order valence-corrected chi connectivity index (χ1v) is 4.95. The number of rotatable bonds is 5. The van der Waals surface area contributed by atoms with Crippen LogP contribution in [0.1, 0.15) is 0 Å². The fourth-order valence-corrected chi connectivity index (χ4v) is 1.06. The monoisotopic (exact) mass is 222 g/mol. The summed E-state index contributed by atoms with van der Waals surface area (Å²) >= 11 is 0. The van der Waals surface area contributed by atoms with Crippen LogP contribution in [-0.4, -0.2) is 0 Å². The van der Waals surface area contributed by atoms with Gasteiger partial charge in [-0.2, -0.15) is 11.8 Å². The van der Waals surface area contributed by atoms with E-state index in [9.17, 15) is 17.5 Å². The van der Waals surface area contributed by atoms with E-state index in [1.165, 1.54) is 9.66 Å². The molecule has 12 heavy (non-hydrogen) atoms. The molecule has 0 spiro atoms. The van der Waals surface area contributed by atoms with Gasteiger partial charge in [0.25, 0.3) is 0 Å². The highest BCUT2D eigenvalue weighted by molar-refractivity contribution is 7.93. The highest BCUT2D eigenvalue weighted by atomic mass is 32.3. The molecule has 0 aromatic carbocycles. The molecule has 0 aliphatic heterocycles. The molecule has 2 atom stereocenters. The molecule has 6 N–H and O–H groups in total. The van der Waals surface area contributed by atoms with Gasteiger partial charge in [-0.1, -0.05) is 0 Å². The summed E-state index contributed by atoms with van der Waals surface area (Å²) in [6.07, 6.45) is 0.